The molecule has 15 heavy (non-hydrogen) atoms. The largest absolute Gasteiger partial charge is 0.480 e. The first-order chi connectivity index (χ1) is 7.09. The van der Waals surface area contributed by atoms with E-state index in [0.29, 0.717) is 17.1 Å². The second kappa shape index (κ2) is 3.43. The number of nitrogens with two attached hydrogens (primary N) is 1. The van der Waals surface area contributed by atoms with E-state index >= 15 is 0 Å². The van der Waals surface area contributed by atoms with Crippen molar-refractivity contribution in [1.82, 2.24) is 0 Å². The zero-order chi connectivity index (χ0) is 11.0. The monoisotopic (exact) mass is 209 g/mol. The summed E-state index contributed by atoms with van der Waals surface area (Å²) in [5, 5.41) is 8.84. The summed E-state index contributed by atoms with van der Waals surface area (Å²) in [4.78, 5) is 10.8. The Bertz CT molecular complexity index is 416. The van der Waals surface area contributed by atoms with Crippen molar-refractivity contribution >= 4 is 5.97 Å². The Balaban J connectivity index is 2.51. The molecule has 0 aliphatic carbocycles. The van der Waals surface area contributed by atoms with Gasteiger partial charge in [-0.25, -0.2) is 0 Å². The molecule has 0 saturated heterocycles. The first-order valence-corrected chi connectivity index (χ1v) is 4.48. The summed E-state index contributed by atoms with van der Waals surface area (Å²) in [7, 11) is 0. The Morgan fingerprint density at radius 3 is 2.93 bits per heavy atom. The Hall–Kier alpha value is -1.75. The molecule has 1 aromatic rings. The molecule has 2 rings (SSSR count). The summed E-state index contributed by atoms with van der Waals surface area (Å²) in [5.41, 5.74) is 6.89. The average molecular weight is 209 g/mol. The van der Waals surface area contributed by atoms with Crippen molar-refractivity contribution in [1.29, 1.82) is 0 Å². The van der Waals surface area contributed by atoms with Crippen LogP contribution >= 0.6 is 0 Å². The van der Waals surface area contributed by atoms with Crippen molar-refractivity contribution in [2.45, 2.75) is 13.0 Å². The molecule has 3 N–H and O–H groups in total. The number of carboxylic acids is 1. The van der Waals surface area contributed by atoms with Crippen LogP contribution in [0, 0.1) is 6.92 Å². The van der Waals surface area contributed by atoms with E-state index in [9.17, 15) is 4.79 Å². The lowest BCUT2D eigenvalue weighted by atomic mass is 10.0. The number of aryl methyl sites for hydroxylation is 1. The third-order valence-corrected chi connectivity index (χ3v) is 2.25. The third-order valence-electron chi connectivity index (χ3n) is 2.25. The van der Waals surface area contributed by atoms with Gasteiger partial charge >= 0.3 is 5.97 Å². The number of carbonyl (C=O) groups is 1. The van der Waals surface area contributed by atoms with E-state index in [1.807, 2.05) is 6.92 Å². The van der Waals surface area contributed by atoms with Crippen LogP contribution in [0.3, 0.4) is 0 Å². The summed E-state index contributed by atoms with van der Waals surface area (Å²) in [6.07, 6.45) is 0. The zero-order valence-electron chi connectivity index (χ0n) is 8.19. The molecule has 0 amide bonds. The number of hydrogen-bond donors (Lipinski definition) is 2. The lowest BCUT2D eigenvalue weighted by Crippen LogP contribution is -2.21. The molecule has 0 aromatic heterocycles. The van der Waals surface area contributed by atoms with Crippen molar-refractivity contribution in [2.75, 3.05) is 6.79 Å². The molecule has 0 bridgehead atoms. The molecule has 5 heteroatoms. The first kappa shape index (κ1) is 9.79. The van der Waals surface area contributed by atoms with Crippen LogP contribution in [0.5, 0.6) is 11.5 Å². The summed E-state index contributed by atoms with van der Waals surface area (Å²) in [6.45, 7) is 1.96. The highest BCUT2D eigenvalue weighted by atomic mass is 16.7. The molecule has 0 radical (unpaired) electrons. The number of ether oxygens (including phenoxy) is 2. The maximum absolute atomic E-state index is 10.8. The van der Waals surface area contributed by atoms with Crippen molar-refractivity contribution in [3.63, 3.8) is 0 Å². The molecule has 1 heterocycles. The summed E-state index contributed by atoms with van der Waals surface area (Å²) >= 11 is 0. The molecule has 0 fully saturated rings. The van der Waals surface area contributed by atoms with Gasteiger partial charge < -0.3 is 20.3 Å². The topological polar surface area (TPSA) is 81.8 Å². The van der Waals surface area contributed by atoms with Crippen LogP contribution in [-0.4, -0.2) is 17.9 Å². The molecule has 1 aliphatic heterocycles. The molecular weight excluding hydrogens is 198 g/mol. The van der Waals surface area contributed by atoms with Crippen LogP contribution in [-0.2, 0) is 4.79 Å². The second-order valence-electron chi connectivity index (χ2n) is 3.40. The van der Waals surface area contributed by atoms with Crippen molar-refractivity contribution < 1.29 is 19.4 Å². The maximum Gasteiger partial charge on any atom is 0.325 e. The van der Waals surface area contributed by atoms with Crippen LogP contribution in [0.25, 0.3) is 0 Å². The molecule has 0 spiro atoms. The van der Waals surface area contributed by atoms with Gasteiger partial charge in [0, 0.05) is 5.56 Å². The van der Waals surface area contributed by atoms with Gasteiger partial charge in [-0.15, -0.1) is 0 Å². The highest BCUT2D eigenvalue weighted by Gasteiger charge is 2.25. The molecule has 1 atom stereocenters. The Morgan fingerprint density at radius 1 is 1.53 bits per heavy atom. The zero-order valence-corrected chi connectivity index (χ0v) is 8.19. The van der Waals surface area contributed by atoms with Crippen LogP contribution in [0.15, 0.2) is 12.1 Å². The fraction of sp³-hybridized carbons (Fsp3) is 0.300. The summed E-state index contributed by atoms with van der Waals surface area (Å²) in [6, 6.07) is 2.41. The van der Waals surface area contributed by atoms with Gasteiger partial charge in [0.05, 0.1) is 0 Å². The number of aliphatic carboxylic acids is 1. The number of hydrogen-bond acceptors (Lipinski definition) is 4. The van der Waals surface area contributed by atoms with Gasteiger partial charge in [-0.3, -0.25) is 4.79 Å². The highest BCUT2D eigenvalue weighted by Crippen LogP contribution is 2.39. The van der Waals surface area contributed by atoms with Gasteiger partial charge in [-0.1, -0.05) is 0 Å². The lowest BCUT2D eigenvalue weighted by molar-refractivity contribution is -0.138. The van der Waals surface area contributed by atoms with Gasteiger partial charge in [0.25, 0.3) is 0 Å². The Labute approximate surface area is 86.4 Å². The van der Waals surface area contributed by atoms with Gasteiger partial charge in [-0.05, 0) is 24.6 Å². The minimum atomic E-state index is -1.08. The molecule has 80 valence electrons. The van der Waals surface area contributed by atoms with E-state index in [-0.39, 0.29) is 6.79 Å². The number of rotatable bonds is 2. The molecule has 0 saturated carbocycles. The Morgan fingerprint density at radius 2 is 2.27 bits per heavy atom. The molecule has 1 aromatic carbocycles. The first-order valence-electron chi connectivity index (χ1n) is 4.48. The molecule has 5 nitrogen and oxygen atoms in total. The maximum atomic E-state index is 10.8. The number of carboxylic acid groups (broad SMARTS) is 1. The minimum Gasteiger partial charge on any atom is -0.480 e. The SMILES string of the molecule is Cc1cc2c(c(C(N)C(=O)O)c1)OCO2. The normalized spacial score (nSPS) is 15.1. The second-order valence-corrected chi connectivity index (χ2v) is 3.40. The summed E-state index contributed by atoms with van der Waals surface area (Å²) in [5.74, 6) is -0.0875. The number of benzene rings is 1. The summed E-state index contributed by atoms with van der Waals surface area (Å²) < 4.78 is 10.4. The van der Waals surface area contributed by atoms with Crippen LogP contribution in [0.1, 0.15) is 17.2 Å². The van der Waals surface area contributed by atoms with Gasteiger partial charge in [-0.2, -0.15) is 0 Å². The van der Waals surface area contributed by atoms with Crippen molar-refractivity contribution in [3.8, 4) is 11.5 Å². The minimum absolute atomic E-state index is 0.109. The van der Waals surface area contributed by atoms with Crippen LogP contribution in [0.4, 0.5) is 0 Å². The Kier molecular flexibility index (Phi) is 2.24. The van der Waals surface area contributed by atoms with Crippen LogP contribution < -0.4 is 15.2 Å². The fourth-order valence-electron chi connectivity index (χ4n) is 1.54. The predicted molar refractivity (Wildman–Crippen MR) is 51.9 cm³/mol. The highest BCUT2D eigenvalue weighted by molar-refractivity contribution is 5.77. The van der Waals surface area contributed by atoms with E-state index in [0.717, 1.165) is 5.56 Å². The van der Waals surface area contributed by atoms with Gasteiger partial charge in [0.1, 0.15) is 6.04 Å². The molecular formula is C10H11NO4. The number of fused-ring (bicyclic) bond motifs is 1. The quantitative estimate of drug-likeness (QED) is 0.753. The molecule has 1 unspecified atom stereocenters. The van der Waals surface area contributed by atoms with Crippen molar-refractivity contribution in [2.24, 2.45) is 5.73 Å². The smallest absolute Gasteiger partial charge is 0.325 e. The predicted octanol–water partition coefficient (Wildman–Crippen LogP) is 0.808. The standard InChI is InChI=1S/C10H11NO4/c1-5-2-6(8(11)10(12)13)9-7(3-5)14-4-15-9/h2-3,8H,4,11H2,1H3,(H,12,13). The van der Waals surface area contributed by atoms with Crippen molar-refractivity contribution in [3.05, 3.63) is 23.3 Å². The molecule has 1 aliphatic rings. The van der Waals surface area contributed by atoms with E-state index in [1.165, 1.54) is 0 Å². The third kappa shape index (κ3) is 1.61. The van der Waals surface area contributed by atoms with Gasteiger partial charge in [0.2, 0.25) is 6.79 Å². The average Bonchev–Trinajstić information content (AvgIpc) is 2.62. The van der Waals surface area contributed by atoms with E-state index in [1.54, 1.807) is 12.1 Å². The van der Waals surface area contributed by atoms with E-state index in [2.05, 4.69) is 0 Å². The van der Waals surface area contributed by atoms with Gasteiger partial charge in [0.15, 0.2) is 11.5 Å². The van der Waals surface area contributed by atoms with Crippen LogP contribution in [0.2, 0.25) is 0 Å². The lowest BCUT2D eigenvalue weighted by Gasteiger charge is -2.10. The van der Waals surface area contributed by atoms with E-state index in [4.69, 9.17) is 20.3 Å². The van der Waals surface area contributed by atoms with E-state index < -0.39 is 12.0 Å². The fourth-order valence-corrected chi connectivity index (χ4v) is 1.54.